The fourth-order valence-electron chi connectivity index (χ4n) is 5.01. The minimum Gasteiger partial charge on any atom is -0.505 e. The third kappa shape index (κ3) is 6.42. The third-order valence-electron chi connectivity index (χ3n) is 7.18. The van der Waals surface area contributed by atoms with Gasteiger partial charge in [-0.05, 0) is 73.2 Å². The number of benzene rings is 5. The lowest BCUT2D eigenvalue weighted by atomic mass is 10.0. The average molecular weight is 700 g/mol. The number of nitrogens with zero attached hydrogens (tertiary/aromatic N) is 4. The first-order valence-electron chi connectivity index (χ1n) is 13.3. The second-order valence-electron chi connectivity index (χ2n) is 10.5. The van der Waals surface area contributed by atoms with Crippen molar-refractivity contribution in [1.29, 1.82) is 0 Å². The van der Waals surface area contributed by atoms with Gasteiger partial charge in [0.15, 0.2) is 5.75 Å². The average Bonchev–Trinajstić information content (AvgIpc) is 2.95. The molecule has 0 aliphatic carbocycles. The van der Waals surface area contributed by atoms with Gasteiger partial charge in [0, 0.05) is 10.8 Å². The highest BCUT2D eigenvalue weighted by molar-refractivity contribution is 7.86. The molecule has 0 aromatic heterocycles. The number of azo groups is 2. The highest BCUT2D eigenvalue weighted by atomic mass is 32.2. The molecule has 0 amide bonds. The zero-order valence-electron chi connectivity index (χ0n) is 24.6. The van der Waals surface area contributed by atoms with Crippen molar-refractivity contribution < 1.29 is 44.0 Å². The third-order valence-corrected chi connectivity index (χ3v) is 9.91. The van der Waals surface area contributed by atoms with Gasteiger partial charge in [0.25, 0.3) is 30.4 Å². The summed E-state index contributed by atoms with van der Waals surface area (Å²) in [7, 11) is -14.8. The van der Waals surface area contributed by atoms with Crippen molar-refractivity contribution in [3.63, 3.8) is 0 Å². The number of fused-ring (bicyclic) bond motifs is 2. The van der Waals surface area contributed by atoms with Gasteiger partial charge < -0.3 is 10.8 Å². The molecule has 0 fully saturated rings. The molecule has 0 saturated carbocycles. The van der Waals surface area contributed by atoms with Crippen LogP contribution in [0.4, 0.5) is 28.4 Å². The number of anilines is 1. The Bertz CT molecular complexity index is 2550. The Morgan fingerprint density at radius 2 is 1.26 bits per heavy atom. The van der Waals surface area contributed by atoms with Gasteiger partial charge >= 0.3 is 0 Å². The van der Waals surface area contributed by atoms with Gasteiger partial charge in [-0.2, -0.15) is 30.4 Å². The maximum absolute atomic E-state index is 12.4. The number of phenols is 1. The summed E-state index contributed by atoms with van der Waals surface area (Å²) in [5.41, 5.74) is 7.16. The van der Waals surface area contributed by atoms with E-state index in [1.807, 2.05) is 13.0 Å². The first-order valence-corrected chi connectivity index (χ1v) is 17.6. The number of hydrogen-bond donors (Lipinski definition) is 5. The summed E-state index contributed by atoms with van der Waals surface area (Å²) in [5.74, 6) is -0.764. The van der Waals surface area contributed by atoms with E-state index in [1.165, 1.54) is 19.1 Å². The standard InChI is InChI=1S/C29H25N5O10S3/c1-14-7-8-15(2)21(11-14)32-34-27-23(46(39,40)41)13-17-12-16(3)26(25(30)24(17)28(27)35)33-31-20-10-9-18-19(29(20)47(42,43)44)5-4-6-22(18)45(36,37)38/h4-13,35H,30H2,1-3H3,(H,36,37,38)(H,39,40,41)(H,42,43,44). The molecule has 47 heavy (non-hydrogen) atoms. The quantitative estimate of drug-likeness (QED) is 0.0672. The molecule has 5 rings (SSSR count). The lowest BCUT2D eigenvalue weighted by Crippen LogP contribution is -2.03. The fourth-order valence-corrected chi connectivity index (χ4v) is 7.20. The maximum atomic E-state index is 12.4. The molecule has 244 valence electrons. The van der Waals surface area contributed by atoms with Gasteiger partial charge in [-0.25, -0.2) is 0 Å². The van der Waals surface area contributed by atoms with Gasteiger partial charge in [0.1, 0.15) is 31.7 Å². The van der Waals surface area contributed by atoms with Crippen molar-refractivity contribution >= 4 is 80.3 Å². The van der Waals surface area contributed by atoms with Crippen molar-refractivity contribution in [2.45, 2.75) is 35.5 Å². The molecule has 0 atom stereocenters. The van der Waals surface area contributed by atoms with Gasteiger partial charge in [0.05, 0.1) is 16.8 Å². The van der Waals surface area contributed by atoms with Crippen molar-refractivity contribution in [3.8, 4) is 5.75 Å². The smallest absolute Gasteiger partial charge is 0.297 e. The van der Waals surface area contributed by atoms with Gasteiger partial charge in [0.2, 0.25) is 0 Å². The minimum atomic E-state index is -5.05. The molecule has 5 aromatic carbocycles. The predicted molar refractivity (Wildman–Crippen MR) is 172 cm³/mol. The van der Waals surface area contributed by atoms with Crippen LogP contribution in [0.5, 0.6) is 5.75 Å². The zero-order chi connectivity index (χ0) is 34.6. The Hall–Kier alpha value is -4.85. The Balaban J connectivity index is 1.73. The molecule has 0 radical (unpaired) electrons. The van der Waals surface area contributed by atoms with Crippen molar-refractivity contribution in [3.05, 3.63) is 77.4 Å². The van der Waals surface area contributed by atoms with Crippen LogP contribution in [0.2, 0.25) is 0 Å². The Morgan fingerprint density at radius 3 is 1.89 bits per heavy atom. The number of nitrogen functional groups attached to an aromatic ring is 1. The predicted octanol–water partition coefficient (Wildman–Crippen LogP) is 6.78. The van der Waals surface area contributed by atoms with Crippen molar-refractivity contribution in [2.24, 2.45) is 20.5 Å². The molecule has 5 aromatic rings. The van der Waals surface area contributed by atoms with E-state index in [-0.39, 0.29) is 38.5 Å². The highest BCUT2D eigenvalue weighted by Crippen LogP contribution is 2.47. The Morgan fingerprint density at radius 1 is 0.617 bits per heavy atom. The molecular weight excluding hydrogens is 675 g/mol. The molecule has 18 heteroatoms. The maximum Gasteiger partial charge on any atom is 0.297 e. The monoisotopic (exact) mass is 699 g/mol. The van der Waals surface area contributed by atoms with Crippen LogP contribution in [-0.4, -0.2) is 44.0 Å². The molecule has 0 unspecified atom stereocenters. The van der Waals surface area contributed by atoms with E-state index in [0.717, 1.165) is 35.9 Å². The fraction of sp³-hybridized carbons (Fsp3) is 0.103. The number of aryl methyl sites for hydroxylation is 3. The van der Waals surface area contributed by atoms with E-state index in [9.17, 15) is 44.0 Å². The van der Waals surface area contributed by atoms with Crippen LogP contribution < -0.4 is 5.73 Å². The molecule has 0 aliphatic rings. The minimum absolute atomic E-state index is 0.0665. The van der Waals surface area contributed by atoms with Crippen LogP contribution in [0.1, 0.15) is 16.7 Å². The van der Waals surface area contributed by atoms with E-state index in [1.54, 1.807) is 19.1 Å². The van der Waals surface area contributed by atoms with Gasteiger partial charge in [-0.3, -0.25) is 13.7 Å². The summed E-state index contributed by atoms with van der Waals surface area (Å²) in [6.07, 6.45) is 0. The van der Waals surface area contributed by atoms with Crippen LogP contribution in [-0.2, 0) is 30.4 Å². The van der Waals surface area contributed by atoms with E-state index in [4.69, 9.17) is 5.73 Å². The number of phenolic OH excluding ortho intramolecular Hbond substituents is 1. The lowest BCUT2D eigenvalue weighted by Gasteiger charge is -2.14. The molecule has 0 aliphatic heterocycles. The molecule has 0 saturated heterocycles. The second-order valence-corrected chi connectivity index (χ2v) is 14.6. The summed E-state index contributed by atoms with van der Waals surface area (Å²) >= 11 is 0. The van der Waals surface area contributed by atoms with E-state index in [0.29, 0.717) is 11.3 Å². The van der Waals surface area contributed by atoms with Crippen molar-refractivity contribution in [1.82, 2.24) is 0 Å². The number of nitrogens with two attached hydrogens (primary N) is 1. The van der Waals surface area contributed by atoms with Crippen molar-refractivity contribution in [2.75, 3.05) is 5.73 Å². The second kappa shape index (κ2) is 11.7. The van der Waals surface area contributed by atoms with Crippen LogP contribution in [0.15, 0.2) is 95.8 Å². The van der Waals surface area contributed by atoms with E-state index < -0.39 is 62.2 Å². The first kappa shape index (κ1) is 33.5. The summed E-state index contributed by atoms with van der Waals surface area (Å²) in [6.45, 7) is 5.06. The van der Waals surface area contributed by atoms with Crippen LogP contribution in [0.25, 0.3) is 21.5 Å². The summed E-state index contributed by atoms with van der Waals surface area (Å²) < 4.78 is 103. The number of aromatic hydroxyl groups is 1. The Kier molecular flexibility index (Phi) is 8.37. The highest BCUT2D eigenvalue weighted by Gasteiger charge is 2.26. The van der Waals surface area contributed by atoms with Gasteiger partial charge in [-0.15, -0.1) is 15.3 Å². The molecule has 0 spiro atoms. The zero-order valence-corrected chi connectivity index (χ0v) is 27.1. The largest absolute Gasteiger partial charge is 0.505 e. The molecule has 0 bridgehead atoms. The molecular formula is C29H25N5O10S3. The van der Waals surface area contributed by atoms with Gasteiger partial charge in [-0.1, -0.05) is 30.3 Å². The molecule has 15 nitrogen and oxygen atoms in total. The summed E-state index contributed by atoms with van der Waals surface area (Å²) in [4.78, 5) is -2.16. The van der Waals surface area contributed by atoms with E-state index in [2.05, 4.69) is 20.5 Å². The lowest BCUT2D eigenvalue weighted by molar-refractivity contribution is 0.472. The SMILES string of the molecule is Cc1ccc(C)c(N=Nc2c(S(=O)(=O)O)cc3cc(C)c(N=Nc4ccc5c(S(=O)(=O)O)cccc5c4S(=O)(=O)O)c(N)c3c2O)c1. The number of rotatable bonds is 7. The van der Waals surface area contributed by atoms with E-state index >= 15 is 0 Å². The first-order chi connectivity index (χ1) is 21.8. The molecule has 6 N–H and O–H groups in total. The summed E-state index contributed by atoms with van der Waals surface area (Å²) in [6, 6.07) is 13.3. The number of hydrogen-bond acceptors (Lipinski definition) is 12. The van der Waals surface area contributed by atoms with Crippen LogP contribution in [0, 0.1) is 20.8 Å². The van der Waals surface area contributed by atoms with Crippen LogP contribution in [0.3, 0.4) is 0 Å². The summed E-state index contributed by atoms with van der Waals surface area (Å²) in [5, 5.41) is 26.7. The Labute approximate surface area is 268 Å². The van der Waals surface area contributed by atoms with Crippen LogP contribution >= 0.6 is 0 Å². The molecule has 0 heterocycles. The topological polar surface area (TPSA) is 259 Å². The normalized spacial score (nSPS) is 13.0.